The van der Waals surface area contributed by atoms with Gasteiger partial charge in [-0.25, -0.2) is 15.8 Å². The molecule has 0 aliphatic heterocycles. The summed E-state index contributed by atoms with van der Waals surface area (Å²) < 4.78 is 0. The maximum Gasteiger partial charge on any atom is 0.240 e. The van der Waals surface area contributed by atoms with Crippen molar-refractivity contribution >= 4 is 44.7 Å². The van der Waals surface area contributed by atoms with Gasteiger partial charge < -0.3 is 5.32 Å². The van der Waals surface area contributed by atoms with E-state index in [0.717, 1.165) is 26.7 Å². The van der Waals surface area contributed by atoms with Gasteiger partial charge in [-0.15, -0.1) is 22.7 Å². The number of hydrogen-bond donors (Lipinski definition) is 3. The fourth-order valence-electron chi connectivity index (χ4n) is 1.90. The third kappa shape index (κ3) is 2.58. The Labute approximate surface area is 124 Å². The highest BCUT2D eigenvalue weighted by Crippen LogP contribution is 2.29. The minimum Gasteiger partial charge on any atom is -0.364 e. The van der Waals surface area contributed by atoms with E-state index < -0.39 is 0 Å². The molecule has 8 heteroatoms. The maximum absolute atomic E-state index is 5.42. The summed E-state index contributed by atoms with van der Waals surface area (Å²) in [5, 5.41) is 7.43. The molecule has 0 spiro atoms. The molecule has 0 saturated carbocycles. The molecule has 6 nitrogen and oxygen atoms in total. The average Bonchev–Trinajstić information content (AvgIpc) is 3.00. The number of fused-ring (bicyclic) bond motifs is 1. The van der Waals surface area contributed by atoms with E-state index in [2.05, 4.69) is 38.7 Å². The number of hydrazine groups is 1. The first-order valence-corrected chi connectivity index (χ1v) is 7.75. The summed E-state index contributed by atoms with van der Waals surface area (Å²) in [5.74, 6) is 6.61. The van der Waals surface area contributed by atoms with Gasteiger partial charge in [0.1, 0.15) is 10.6 Å². The number of hydrogen-bond acceptors (Lipinski definition) is 8. The van der Waals surface area contributed by atoms with E-state index in [1.807, 2.05) is 12.3 Å². The molecule has 20 heavy (non-hydrogen) atoms. The van der Waals surface area contributed by atoms with Gasteiger partial charge in [0.05, 0.1) is 22.6 Å². The maximum atomic E-state index is 5.42. The lowest BCUT2D eigenvalue weighted by Crippen LogP contribution is -2.12. The number of thiazole rings is 1. The van der Waals surface area contributed by atoms with Crippen LogP contribution in [0.3, 0.4) is 0 Å². The molecule has 3 aromatic heterocycles. The number of anilines is 2. The third-order valence-corrected chi connectivity index (χ3v) is 4.52. The Morgan fingerprint density at radius 3 is 2.80 bits per heavy atom. The number of rotatable bonds is 4. The first kappa shape index (κ1) is 13.2. The van der Waals surface area contributed by atoms with Crippen molar-refractivity contribution in [3.63, 3.8) is 0 Å². The molecule has 0 radical (unpaired) electrons. The number of nitrogens with two attached hydrogens (primary N) is 1. The van der Waals surface area contributed by atoms with Crippen LogP contribution in [0.5, 0.6) is 0 Å². The Morgan fingerprint density at radius 2 is 2.10 bits per heavy atom. The van der Waals surface area contributed by atoms with Crippen molar-refractivity contribution in [1.29, 1.82) is 0 Å². The number of aryl methyl sites for hydroxylation is 2. The van der Waals surface area contributed by atoms with E-state index in [0.29, 0.717) is 12.5 Å². The minimum atomic E-state index is 0.413. The van der Waals surface area contributed by atoms with Gasteiger partial charge in [0, 0.05) is 10.3 Å². The fourth-order valence-corrected chi connectivity index (χ4v) is 3.40. The first-order chi connectivity index (χ1) is 9.65. The van der Waals surface area contributed by atoms with E-state index >= 15 is 0 Å². The normalized spacial score (nSPS) is 10.9. The van der Waals surface area contributed by atoms with Crippen molar-refractivity contribution in [2.45, 2.75) is 20.4 Å². The van der Waals surface area contributed by atoms with Gasteiger partial charge in [-0.2, -0.15) is 4.98 Å². The van der Waals surface area contributed by atoms with Gasteiger partial charge >= 0.3 is 0 Å². The molecular formula is C12H14N6S2. The van der Waals surface area contributed by atoms with Crippen molar-refractivity contribution in [2.75, 3.05) is 10.7 Å². The molecule has 0 aliphatic rings. The van der Waals surface area contributed by atoms with Gasteiger partial charge in [-0.05, 0) is 19.9 Å². The van der Waals surface area contributed by atoms with E-state index in [1.54, 1.807) is 22.7 Å². The topological polar surface area (TPSA) is 88.8 Å². The summed E-state index contributed by atoms with van der Waals surface area (Å²) in [6, 6.07) is 2.08. The molecule has 0 amide bonds. The number of nitrogens with one attached hydrogen (secondary N) is 2. The van der Waals surface area contributed by atoms with Gasteiger partial charge in [0.25, 0.3) is 0 Å². The number of nitrogen functional groups attached to an aromatic ring is 1. The Hall–Kier alpha value is -1.77. The standard InChI is InChI=1S/C12H14N6S2/c1-6-3-9-10(14-4-8-5-19-7(2)15-8)16-12(18-13)17-11(9)20-6/h3,5H,4,13H2,1-2H3,(H2,14,16,17,18). The number of nitrogens with zero attached hydrogens (tertiary/aromatic N) is 3. The zero-order chi connectivity index (χ0) is 14.1. The van der Waals surface area contributed by atoms with Crippen molar-refractivity contribution in [3.8, 4) is 0 Å². The van der Waals surface area contributed by atoms with Crippen LogP contribution in [-0.4, -0.2) is 15.0 Å². The van der Waals surface area contributed by atoms with Crippen molar-refractivity contribution < 1.29 is 0 Å². The second-order valence-electron chi connectivity index (χ2n) is 4.33. The van der Waals surface area contributed by atoms with Gasteiger partial charge in [0.15, 0.2) is 0 Å². The lowest BCUT2D eigenvalue weighted by Gasteiger charge is -2.07. The third-order valence-electron chi connectivity index (χ3n) is 2.75. The average molecular weight is 306 g/mol. The molecule has 104 valence electrons. The molecule has 3 heterocycles. The Balaban J connectivity index is 1.92. The lowest BCUT2D eigenvalue weighted by atomic mass is 10.3. The predicted octanol–water partition coefficient (Wildman–Crippen LogP) is 2.66. The highest BCUT2D eigenvalue weighted by atomic mass is 32.1. The molecule has 0 bridgehead atoms. The lowest BCUT2D eigenvalue weighted by molar-refractivity contribution is 1.03. The smallest absolute Gasteiger partial charge is 0.240 e. The molecule has 0 aromatic carbocycles. The second-order valence-corrected chi connectivity index (χ2v) is 6.62. The second kappa shape index (κ2) is 5.31. The van der Waals surface area contributed by atoms with Crippen molar-refractivity contribution in [2.24, 2.45) is 5.84 Å². The summed E-state index contributed by atoms with van der Waals surface area (Å²) in [4.78, 5) is 15.3. The van der Waals surface area contributed by atoms with Crippen LogP contribution in [0.25, 0.3) is 10.2 Å². The van der Waals surface area contributed by atoms with Crippen LogP contribution < -0.4 is 16.6 Å². The monoisotopic (exact) mass is 306 g/mol. The highest BCUT2D eigenvalue weighted by Gasteiger charge is 2.10. The van der Waals surface area contributed by atoms with Gasteiger partial charge in [0.2, 0.25) is 5.95 Å². The molecule has 3 rings (SSSR count). The molecule has 4 N–H and O–H groups in total. The zero-order valence-corrected chi connectivity index (χ0v) is 12.7. The summed E-state index contributed by atoms with van der Waals surface area (Å²) in [7, 11) is 0. The SMILES string of the molecule is Cc1cc2c(NCc3csc(C)n3)nc(NN)nc2s1. The highest BCUT2D eigenvalue weighted by molar-refractivity contribution is 7.18. The van der Waals surface area contributed by atoms with Crippen LogP contribution in [-0.2, 0) is 6.54 Å². The summed E-state index contributed by atoms with van der Waals surface area (Å²) in [6.07, 6.45) is 0. The molecule has 0 atom stereocenters. The molecule has 3 aromatic rings. The first-order valence-electron chi connectivity index (χ1n) is 6.05. The van der Waals surface area contributed by atoms with Crippen LogP contribution >= 0.6 is 22.7 Å². The van der Waals surface area contributed by atoms with Gasteiger partial charge in [-0.1, -0.05) is 0 Å². The minimum absolute atomic E-state index is 0.413. The predicted molar refractivity (Wildman–Crippen MR) is 84.1 cm³/mol. The Kier molecular flexibility index (Phi) is 3.51. The zero-order valence-electron chi connectivity index (χ0n) is 11.1. The van der Waals surface area contributed by atoms with Crippen molar-refractivity contribution in [1.82, 2.24) is 15.0 Å². The molecule has 0 saturated heterocycles. The molecule has 0 aliphatic carbocycles. The number of aromatic nitrogens is 3. The van der Waals surface area contributed by atoms with Crippen LogP contribution in [0.1, 0.15) is 15.6 Å². The van der Waals surface area contributed by atoms with Crippen LogP contribution in [0.15, 0.2) is 11.4 Å². The fraction of sp³-hybridized carbons (Fsp3) is 0.250. The quantitative estimate of drug-likeness (QED) is 0.507. The Morgan fingerprint density at radius 1 is 1.25 bits per heavy atom. The summed E-state index contributed by atoms with van der Waals surface area (Å²) >= 11 is 3.26. The summed E-state index contributed by atoms with van der Waals surface area (Å²) in [5.41, 5.74) is 3.51. The molecule has 0 fully saturated rings. The summed E-state index contributed by atoms with van der Waals surface area (Å²) in [6.45, 7) is 4.68. The van der Waals surface area contributed by atoms with Crippen LogP contribution in [0, 0.1) is 13.8 Å². The van der Waals surface area contributed by atoms with Crippen LogP contribution in [0.2, 0.25) is 0 Å². The number of thiophene rings is 1. The molecule has 0 unspecified atom stereocenters. The molecular weight excluding hydrogens is 292 g/mol. The van der Waals surface area contributed by atoms with E-state index in [1.165, 1.54) is 4.88 Å². The largest absolute Gasteiger partial charge is 0.364 e. The van der Waals surface area contributed by atoms with Crippen LogP contribution in [0.4, 0.5) is 11.8 Å². The van der Waals surface area contributed by atoms with E-state index in [4.69, 9.17) is 5.84 Å². The van der Waals surface area contributed by atoms with E-state index in [-0.39, 0.29) is 0 Å². The van der Waals surface area contributed by atoms with Gasteiger partial charge in [-0.3, -0.25) is 5.43 Å². The van der Waals surface area contributed by atoms with Crippen molar-refractivity contribution in [3.05, 3.63) is 27.0 Å². The van der Waals surface area contributed by atoms with E-state index in [9.17, 15) is 0 Å². The Bertz CT molecular complexity index is 748.